The molecule has 2 aromatic rings. The minimum atomic E-state index is 0.575. The molecule has 1 aliphatic heterocycles. The Morgan fingerprint density at radius 3 is 2.59 bits per heavy atom. The van der Waals surface area contributed by atoms with Crippen molar-refractivity contribution in [1.29, 1.82) is 0 Å². The molecule has 0 bridgehead atoms. The van der Waals surface area contributed by atoms with Gasteiger partial charge in [-0.2, -0.15) is 0 Å². The standard InChI is InChI=1S/C14H17ClN6S/c15-12-3-2-11(22-12)10-19-13(16)20-6-8-21(9-7-20)14-17-4-1-5-18-14/h1-5H,6-10H2,(H2,16,19). The van der Waals surface area contributed by atoms with Crippen molar-refractivity contribution >= 4 is 34.8 Å². The van der Waals surface area contributed by atoms with Crippen molar-refractivity contribution in [3.8, 4) is 0 Å². The van der Waals surface area contributed by atoms with Crippen molar-refractivity contribution in [2.75, 3.05) is 31.1 Å². The molecular formula is C14H17ClN6S. The van der Waals surface area contributed by atoms with Crippen molar-refractivity contribution in [1.82, 2.24) is 14.9 Å². The third-order valence-electron chi connectivity index (χ3n) is 3.46. The fraction of sp³-hybridized carbons (Fsp3) is 0.357. The Labute approximate surface area is 138 Å². The van der Waals surface area contributed by atoms with Gasteiger partial charge in [-0.05, 0) is 18.2 Å². The number of halogens is 1. The summed E-state index contributed by atoms with van der Waals surface area (Å²) in [4.78, 5) is 18.4. The van der Waals surface area contributed by atoms with Gasteiger partial charge in [0, 0.05) is 43.4 Å². The SMILES string of the molecule is NC(=NCc1ccc(Cl)s1)N1CCN(c2ncccn2)CC1. The monoisotopic (exact) mass is 336 g/mol. The highest BCUT2D eigenvalue weighted by Crippen LogP contribution is 2.22. The number of nitrogens with zero attached hydrogens (tertiary/aromatic N) is 5. The van der Waals surface area contributed by atoms with Crippen LogP contribution in [0.25, 0.3) is 0 Å². The minimum absolute atomic E-state index is 0.575. The molecule has 0 unspecified atom stereocenters. The Bertz CT molecular complexity index is 636. The summed E-state index contributed by atoms with van der Waals surface area (Å²) >= 11 is 7.44. The zero-order chi connectivity index (χ0) is 15.4. The average molecular weight is 337 g/mol. The Hall–Kier alpha value is -1.86. The normalized spacial score (nSPS) is 16.1. The molecule has 1 aliphatic rings. The van der Waals surface area contributed by atoms with Crippen LogP contribution in [0.1, 0.15) is 4.88 Å². The number of anilines is 1. The van der Waals surface area contributed by atoms with Crippen LogP contribution in [0.5, 0.6) is 0 Å². The molecule has 116 valence electrons. The highest BCUT2D eigenvalue weighted by atomic mass is 35.5. The zero-order valence-corrected chi connectivity index (χ0v) is 13.6. The van der Waals surface area contributed by atoms with E-state index in [1.807, 2.05) is 18.2 Å². The topological polar surface area (TPSA) is 70.6 Å². The molecule has 0 amide bonds. The van der Waals surface area contributed by atoms with E-state index in [1.54, 1.807) is 12.4 Å². The molecule has 8 heteroatoms. The Kier molecular flexibility index (Phi) is 4.74. The summed E-state index contributed by atoms with van der Waals surface area (Å²) in [6.45, 7) is 3.89. The number of aromatic nitrogens is 2. The summed E-state index contributed by atoms with van der Waals surface area (Å²) in [7, 11) is 0. The van der Waals surface area contributed by atoms with Gasteiger partial charge in [0.25, 0.3) is 0 Å². The van der Waals surface area contributed by atoms with E-state index in [4.69, 9.17) is 17.3 Å². The molecular weight excluding hydrogens is 320 g/mol. The lowest BCUT2D eigenvalue weighted by Gasteiger charge is -2.35. The summed E-state index contributed by atoms with van der Waals surface area (Å²) in [6, 6.07) is 5.68. The van der Waals surface area contributed by atoms with E-state index in [0.717, 1.165) is 41.3 Å². The first-order chi connectivity index (χ1) is 10.7. The molecule has 0 radical (unpaired) electrons. The molecule has 6 nitrogen and oxygen atoms in total. The van der Waals surface area contributed by atoms with Crippen LogP contribution in [0.4, 0.5) is 5.95 Å². The minimum Gasteiger partial charge on any atom is -0.370 e. The molecule has 0 saturated carbocycles. The van der Waals surface area contributed by atoms with Crippen molar-refractivity contribution in [2.45, 2.75) is 6.54 Å². The van der Waals surface area contributed by atoms with E-state index in [1.165, 1.54) is 11.3 Å². The first-order valence-electron chi connectivity index (χ1n) is 7.03. The van der Waals surface area contributed by atoms with Gasteiger partial charge in [-0.3, -0.25) is 0 Å². The first-order valence-corrected chi connectivity index (χ1v) is 8.23. The molecule has 2 N–H and O–H groups in total. The summed E-state index contributed by atoms with van der Waals surface area (Å²) < 4.78 is 0.778. The highest BCUT2D eigenvalue weighted by Gasteiger charge is 2.19. The number of nitrogens with two attached hydrogens (primary N) is 1. The van der Waals surface area contributed by atoms with Gasteiger partial charge in [0.2, 0.25) is 5.95 Å². The molecule has 0 aliphatic carbocycles. The molecule has 1 saturated heterocycles. The number of hydrogen-bond donors (Lipinski definition) is 1. The van der Waals surface area contributed by atoms with E-state index in [0.29, 0.717) is 12.5 Å². The fourth-order valence-electron chi connectivity index (χ4n) is 2.29. The molecule has 22 heavy (non-hydrogen) atoms. The maximum atomic E-state index is 6.08. The van der Waals surface area contributed by atoms with Gasteiger partial charge >= 0.3 is 0 Å². The van der Waals surface area contributed by atoms with Crippen LogP contribution in [-0.2, 0) is 6.54 Å². The second-order valence-corrected chi connectivity index (χ2v) is 6.70. The van der Waals surface area contributed by atoms with Crippen LogP contribution in [0, 0.1) is 0 Å². The van der Waals surface area contributed by atoms with E-state index in [-0.39, 0.29) is 0 Å². The third-order valence-corrected chi connectivity index (χ3v) is 4.68. The predicted octanol–water partition coefficient (Wildman–Crippen LogP) is 1.83. The summed E-state index contributed by atoms with van der Waals surface area (Å²) in [5, 5.41) is 0. The van der Waals surface area contributed by atoms with Gasteiger partial charge in [-0.15, -0.1) is 11.3 Å². The molecule has 2 aromatic heterocycles. The number of thiophene rings is 1. The van der Waals surface area contributed by atoms with E-state index in [2.05, 4.69) is 24.8 Å². The number of guanidine groups is 1. The van der Waals surface area contributed by atoms with Crippen LogP contribution in [0.3, 0.4) is 0 Å². The lowest BCUT2D eigenvalue weighted by atomic mass is 10.3. The highest BCUT2D eigenvalue weighted by molar-refractivity contribution is 7.16. The van der Waals surface area contributed by atoms with Crippen molar-refractivity contribution in [3.05, 3.63) is 39.8 Å². The van der Waals surface area contributed by atoms with Gasteiger partial charge in [-0.1, -0.05) is 11.6 Å². The molecule has 3 rings (SSSR count). The second-order valence-electron chi connectivity index (χ2n) is 4.90. The molecule has 1 fully saturated rings. The van der Waals surface area contributed by atoms with Crippen LogP contribution < -0.4 is 10.6 Å². The van der Waals surface area contributed by atoms with Crippen LogP contribution >= 0.6 is 22.9 Å². The predicted molar refractivity (Wildman–Crippen MR) is 90.5 cm³/mol. The number of rotatable bonds is 3. The van der Waals surface area contributed by atoms with E-state index < -0.39 is 0 Å². The lowest BCUT2D eigenvalue weighted by Crippen LogP contribution is -2.51. The molecule has 0 aromatic carbocycles. The van der Waals surface area contributed by atoms with Gasteiger partial charge in [-0.25, -0.2) is 15.0 Å². The second kappa shape index (κ2) is 6.93. The van der Waals surface area contributed by atoms with E-state index in [9.17, 15) is 0 Å². The van der Waals surface area contributed by atoms with Gasteiger partial charge in [0.15, 0.2) is 5.96 Å². The summed E-state index contributed by atoms with van der Waals surface area (Å²) in [6.07, 6.45) is 3.52. The molecule has 3 heterocycles. The van der Waals surface area contributed by atoms with E-state index >= 15 is 0 Å². The lowest BCUT2D eigenvalue weighted by molar-refractivity contribution is 0.378. The van der Waals surface area contributed by atoms with Gasteiger partial charge < -0.3 is 15.5 Å². The van der Waals surface area contributed by atoms with Crippen LogP contribution in [-0.4, -0.2) is 47.0 Å². The van der Waals surface area contributed by atoms with Gasteiger partial charge in [0.05, 0.1) is 10.9 Å². The number of piperazine rings is 1. The summed E-state index contributed by atoms with van der Waals surface area (Å²) in [5.74, 6) is 1.35. The first kappa shape index (κ1) is 15.1. The third kappa shape index (κ3) is 3.66. The number of hydrogen-bond acceptors (Lipinski definition) is 5. The maximum Gasteiger partial charge on any atom is 0.225 e. The Balaban J connectivity index is 1.54. The van der Waals surface area contributed by atoms with Crippen molar-refractivity contribution in [3.63, 3.8) is 0 Å². The van der Waals surface area contributed by atoms with Crippen LogP contribution in [0.15, 0.2) is 35.6 Å². The molecule has 0 spiro atoms. The zero-order valence-electron chi connectivity index (χ0n) is 12.0. The van der Waals surface area contributed by atoms with Crippen molar-refractivity contribution in [2.24, 2.45) is 10.7 Å². The summed E-state index contributed by atoms with van der Waals surface area (Å²) in [5.41, 5.74) is 6.08. The van der Waals surface area contributed by atoms with Gasteiger partial charge in [0.1, 0.15) is 0 Å². The quantitative estimate of drug-likeness (QED) is 0.684. The van der Waals surface area contributed by atoms with Crippen molar-refractivity contribution < 1.29 is 0 Å². The average Bonchev–Trinajstić information content (AvgIpc) is 2.99. The smallest absolute Gasteiger partial charge is 0.225 e. The Morgan fingerprint density at radius 1 is 1.23 bits per heavy atom. The largest absolute Gasteiger partial charge is 0.370 e. The molecule has 0 atom stereocenters. The maximum absolute atomic E-state index is 6.08. The Morgan fingerprint density at radius 2 is 1.95 bits per heavy atom. The fourth-order valence-corrected chi connectivity index (χ4v) is 3.30. The number of aliphatic imine (C=N–C) groups is 1. The van der Waals surface area contributed by atoms with Crippen LogP contribution in [0.2, 0.25) is 4.34 Å².